The molecular formula is C13H10BrClN2O2. The van der Waals surface area contributed by atoms with Gasteiger partial charge in [-0.1, -0.05) is 27.5 Å². The monoisotopic (exact) mass is 340 g/mol. The molecule has 0 spiro atoms. The topological polar surface area (TPSA) is 53.4 Å². The van der Waals surface area contributed by atoms with E-state index in [1.165, 1.54) is 4.90 Å². The highest BCUT2D eigenvalue weighted by atomic mass is 79.9. The van der Waals surface area contributed by atoms with E-state index in [9.17, 15) is 4.79 Å². The van der Waals surface area contributed by atoms with E-state index < -0.39 is 6.09 Å². The Hall–Kier alpha value is -1.33. The average molecular weight is 342 g/mol. The highest BCUT2D eigenvalue weighted by Gasteiger charge is 2.24. The summed E-state index contributed by atoms with van der Waals surface area (Å²) < 4.78 is 0.926. The maximum Gasteiger partial charge on any atom is 0.407 e. The quantitative estimate of drug-likeness (QED) is 0.795. The molecule has 0 atom stereocenters. The van der Waals surface area contributed by atoms with E-state index in [1.54, 1.807) is 0 Å². The second-order valence-electron chi connectivity index (χ2n) is 4.47. The Morgan fingerprint density at radius 3 is 3.00 bits per heavy atom. The van der Waals surface area contributed by atoms with E-state index in [0.29, 0.717) is 24.5 Å². The fraction of sp³-hybridized carbons (Fsp3) is 0.231. The third kappa shape index (κ3) is 2.17. The van der Waals surface area contributed by atoms with Gasteiger partial charge < -0.3 is 10.0 Å². The molecular weight excluding hydrogens is 332 g/mol. The van der Waals surface area contributed by atoms with Gasteiger partial charge in [0.25, 0.3) is 0 Å². The molecule has 2 aromatic rings. The first-order valence-corrected chi connectivity index (χ1v) is 6.98. The summed E-state index contributed by atoms with van der Waals surface area (Å²) in [6, 6.07) is 5.74. The van der Waals surface area contributed by atoms with Gasteiger partial charge in [0.2, 0.25) is 0 Å². The summed E-state index contributed by atoms with van der Waals surface area (Å²) in [5.41, 5.74) is 2.56. The highest BCUT2D eigenvalue weighted by Crippen LogP contribution is 2.33. The summed E-state index contributed by atoms with van der Waals surface area (Å²) in [6.07, 6.45) is -0.316. The predicted octanol–water partition coefficient (Wildman–Crippen LogP) is 3.69. The number of halogens is 2. The summed E-state index contributed by atoms with van der Waals surface area (Å²) >= 11 is 9.83. The van der Waals surface area contributed by atoms with Crippen molar-refractivity contribution in [3.63, 3.8) is 0 Å². The molecule has 0 saturated carbocycles. The summed E-state index contributed by atoms with van der Waals surface area (Å²) in [5, 5.41) is 10.5. The summed E-state index contributed by atoms with van der Waals surface area (Å²) in [5.74, 6) is 0. The molecule has 4 nitrogen and oxygen atoms in total. The number of rotatable bonds is 0. The fourth-order valence-corrected chi connectivity index (χ4v) is 3.01. The van der Waals surface area contributed by atoms with Gasteiger partial charge in [-0.05, 0) is 18.2 Å². The second kappa shape index (κ2) is 4.65. The molecule has 1 N–H and O–H groups in total. The third-order valence-electron chi connectivity index (χ3n) is 3.30. The van der Waals surface area contributed by atoms with Crippen LogP contribution in [0, 0.1) is 0 Å². The van der Waals surface area contributed by atoms with Gasteiger partial charge in [-0.3, -0.25) is 4.98 Å². The number of pyridine rings is 1. The van der Waals surface area contributed by atoms with Crippen molar-refractivity contribution >= 4 is 44.5 Å². The molecule has 1 amide bonds. The van der Waals surface area contributed by atoms with Crippen LogP contribution in [0.25, 0.3) is 10.9 Å². The standard InChI is InChI=1S/C13H10BrClN2O2/c14-7-1-2-10-8(5-7)12(15)9-6-17(13(18)19)4-3-11(9)16-10/h1-2,5H,3-4,6H2,(H,18,19). The summed E-state index contributed by atoms with van der Waals surface area (Å²) in [4.78, 5) is 17.0. The van der Waals surface area contributed by atoms with E-state index in [1.807, 2.05) is 18.2 Å². The lowest BCUT2D eigenvalue weighted by atomic mass is 10.0. The molecule has 0 radical (unpaired) electrons. The van der Waals surface area contributed by atoms with Crippen LogP contribution in [-0.2, 0) is 13.0 Å². The van der Waals surface area contributed by atoms with Gasteiger partial charge in [-0.2, -0.15) is 0 Å². The molecule has 6 heteroatoms. The van der Waals surface area contributed by atoms with Crippen LogP contribution in [0.1, 0.15) is 11.3 Å². The smallest absolute Gasteiger partial charge is 0.407 e. The Balaban J connectivity index is 2.18. The largest absolute Gasteiger partial charge is 0.465 e. The van der Waals surface area contributed by atoms with E-state index in [2.05, 4.69) is 20.9 Å². The zero-order valence-electron chi connectivity index (χ0n) is 9.86. The number of hydrogen-bond donors (Lipinski definition) is 1. The maximum atomic E-state index is 11.0. The Morgan fingerprint density at radius 1 is 1.47 bits per heavy atom. The van der Waals surface area contributed by atoms with Gasteiger partial charge >= 0.3 is 6.09 Å². The SMILES string of the molecule is O=C(O)N1CCc2nc3ccc(Br)cc3c(Cl)c2C1. The van der Waals surface area contributed by atoms with Crippen LogP contribution >= 0.6 is 27.5 Å². The molecule has 1 aliphatic heterocycles. The fourth-order valence-electron chi connectivity index (χ4n) is 2.33. The first kappa shape index (κ1) is 12.7. The van der Waals surface area contributed by atoms with Crippen molar-refractivity contribution in [1.29, 1.82) is 0 Å². The first-order chi connectivity index (χ1) is 9.06. The summed E-state index contributed by atoms with van der Waals surface area (Å²) in [6.45, 7) is 0.770. The van der Waals surface area contributed by atoms with Crippen molar-refractivity contribution in [3.8, 4) is 0 Å². The minimum absolute atomic E-state index is 0.305. The minimum atomic E-state index is -0.920. The van der Waals surface area contributed by atoms with Crippen LogP contribution < -0.4 is 0 Å². The first-order valence-electron chi connectivity index (χ1n) is 5.80. The van der Waals surface area contributed by atoms with E-state index >= 15 is 0 Å². The van der Waals surface area contributed by atoms with Gasteiger partial charge in [-0.15, -0.1) is 0 Å². The molecule has 19 heavy (non-hydrogen) atoms. The molecule has 0 aliphatic carbocycles. The molecule has 0 fully saturated rings. The molecule has 1 aromatic heterocycles. The van der Waals surface area contributed by atoms with E-state index in [4.69, 9.17) is 16.7 Å². The van der Waals surface area contributed by atoms with Crippen molar-refractivity contribution in [2.24, 2.45) is 0 Å². The molecule has 3 rings (SSSR count). The van der Waals surface area contributed by atoms with Gasteiger partial charge in [-0.25, -0.2) is 4.79 Å². The van der Waals surface area contributed by atoms with Gasteiger partial charge in [0.05, 0.1) is 17.1 Å². The van der Waals surface area contributed by atoms with Crippen LogP contribution in [-0.4, -0.2) is 27.6 Å². The van der Waals surface area contributed by atoms with Crippen molar-refractivity contribution in [1.82, 2.24) is 9.88 Å². The predicted molar refractivity (Wildman–Crippen MR) is 76.6 cm³/mol. The van der Waals surface area contributed by atoms with Crippen molar-refractivity contribution in [3.05, 3.63) is 39.0 Å². The highest BCUT2D eigenvalue weighted by molar-refractivity contribution is 9.10. The maximum absolute atomic E-state index is 11.0. The normalized spacial score (nSPS) is 14.5. The number of carbonyl (C=O) groups is 1. The van der Waals surface area contributed by atoms with Gasteiger partial charge in [0, 0.05) is 34.1 Å². The zero-order chi connectivity index (χ0) is 13.6. The third-order valence-corrected chi connectivity index (χ3v) is 4.23. The van der Waals surface area contributed by atoms with Crippen molar-refractivity contribution in [2.75, 3.05) is 6.54 Å². The molecule has 0 bridgehead atoms. The van der Waals surface area contributed by atoms with Gasteiger partial charge in [0.15, 0.2) is 0 Å². The lowest BCUT2D eigenvalue weighted by Crippen LogP contribution is -2.35. The Kier molecular flexibility index (Phi) is 3.11. The number of amides is 1. The molecule has 0 unspecified atom stereocenters. The second-order valence-corrected chi connectivity index (χ2v) is 5.76. The van der Waals surface area contributed by atoms with Crippen LogP contribution in [0.2, 0.25) is 5.02 Å². The number of nitrogens with zero attached hydrogens (tertiary/aromatic N) is 2. The van der Waals surface area contributed by atoms with Gasteiger partial charge in [0.1, 0.15) is 0 Å². The van der Waals surface area contributed by atoms with Crippen LogP contribution in [0.5, 0.6) is 0 Å². The lowest BCUT2D eigenvalue weighted by molar-refractivity contribution is 0.139. The van der Waals surface area contributed by atoms with E-state index in [0.717, 1.165) is 26.6 Å². The Labute approximate surface area is 123 Å². The molecule has 2 heterocycles. The zero-order valence-corrected chi connectivity index (χ0v) is 12.2. The number of aromatic nitrogens is 1. The number of hydrogen-bond acceptors (Lipinski definition) is 2. The lowest BCUT2D eigenvalue weighted by Gasteiger charge is -2.27. The Bertz CT molecular complexity index is 690. The number of carboxylic acid groups (broad SMARTS) is 1. The number of benzene rings is 1. The number of fused-ring (bicyclic) bond motifs is 2. The van der Waals surface area contributed by atoms with Crippen molar-refractivity contribution < 1.29 is 9.90 Å². The van der Waals surface area contributed by atoms with Crippen LogP contribution in [0.3, 0.4) is 0 Å². The van der Waals surface area contributed by atoms with Crippen molar-refractivity contribution in [2.45, 2.75) is 13.0 Å². The molecule has 1 aliphatic rings. The molecule has 0 saturated heterocycles. The summed E-state index contributed by atoms with van der Waals surface area (Å²) in [7, 11) is 0. The van der Waals surface area contributed by atoms with E-state index in [-0.39, 0.29) is 0 Å². The average Bonchev–Trinajstić information content (AvgIpc) is 2.39. The van der Waals surface area contributed by atoms with Crippen LogP contribution in [0.15, 0.2) is 22.7 Å². The molecule has 98 valence electrons. The minimum Gasteiger partial charge on any atom is -0.465 e. The van der Waals surface area contributed by atoms with Crippen LogP contribution in [0.4, 0.5) is 4.79 Å². The molecule has 1 aromatic carbocycles. The Morgan fingerprint density at radius 2 is 2.26 bits per heavy atom.